The van der Waals surface area contributed by atoms with E-state index in [9.17, 15) is 24.4 Å². The quantitative estimate of drug-likeness (QED) is 0.0847. The Bertz CT molecular complexity index is 1510. The third-order valence-electron chi connectivity index (χ3n) is 8.00. The second-order valence-electron chi connectivity index (χ2n) is 13.6. The Morgan fingerprint density at radius 2 is 1.77 bits per heavy atom. The zero-order valence-electron chi connectivity index (χ0n) is 28.3. The van der Waals surface area contributed by atoms with Crippen molar-refractivity contribution in [2.24, 2.45) is 5.41 Å². The predicted octanol–water partition coefficient (Wildman–Crippen LogP) is 2.58. The summed E-state index contributed by atoms with van der Waals surface area (Å²) in [7, 11) is -2.87. The minimum atomic E-state index is -4.27. The zero-order valence-corrected chi connectivity index (χ0v) is 31.3. The second-order valence-corrected chi connectivity index (χ2v) is 16.5. The summed E-state index contributed by atoms with van der Waals surface area (Å²) in [5.74, 6) is -1.32. The van der Waals surface area contributed by atoms with E-state index in [-0.39, 0.29) is 41.1 Å². The summed E-state index contributed by atoms with van der Waals surface area (Å²) in [4.78, 5) is 38.5. The lowest BCUT2D eigenvalue weighted by molar-refractivity contribution is -0.152. The standard InChI is InChI=1S/C29H47IN7O10P/c1-15(23(39)44-14-28(3,4)5)35-48(42,36-16(2)24(40)46-17-11-9-8-10-12-17)45-13-18-20(38)29(6,41)25(47-18)37-21-19(32-26(37)30)22(43-7)34-27(31)33-21/h15-18,20,25,38,41H,8-14H2,1-7H3,(H2,31,33,34)(H2,35,36,42)/t15?,16-,18+,20+,25+,29+,48?/m0/s1. The number of carbonyl (C=O) groups excluding carboxylic acids is 2. The number of aromatic nitrogens is 4. The number of nitrogens with two attached hydrogens (primary N) is 1. The maximum Gasteiger partial charge on any atom is 0.342 e. The SMILES string of the molecule is COc1nc(N)nc2c1nc(I)n2[C@@H]1O[C@H](COP(=O)(NC(C)C(=O)OCC(C)(C)C)N[C@@H](C)C(=O)OC2CCCCC2)[C@@H](O)[C@@]1(C)O. The number of aliphatic hydroxyl groups is 2. The Morgan fingerprint density at radius 3 is 2.38 bits per heavy atom. The smallest absolute Gasteiger partial charge is 0.342 e. The van der Waals surface area contributed by atoms with Crippen LogP contribution in [0.25, 0.3) is 11.2 Å². The van der Waals surface area contributed by atoms with E-state index in [4.69, 9.17) is 29.2 Å². The van der Waals surface area contributed by atoms with Gasteiger partial charge in [-0.05, 0) is 51.9 Å². The second kappa shape index (κ2) is 15.4. The number of nitrogen functional groups attached to an aromatic ring is 1. The Morgan fingerprint density at radius 1 is 1.15 bits per heavy atom. The van der Waals surface area contributed by atoms with Gasteiger partial charge in [-0.3, -0.25) is 18.7 Å². The van der Waals surface area contributed by atoms with Crippen molar-refractivity contribution in [2.45, 2.75) is 116 Å². The van der Waals surface area contributed by atoms with Crippen LogP contribution in [0.15, 0.2) is 0 Å². The van der Waals surface area contributed by atoms with Crippen molar-refractivity contribution in [3.63, 3.8) is 0 Å². The lowest BCUT2D eigenvalue weighted by Gasteiger charge is -2.29. The number of esters is 2. The molecule has 3 heterocycles. The largest absolute Gasteiger partial charge is 0.479 e. The molecule has 0 radical (unpaired) electrons. The van der Waals surface area contributed by atoms with E-state index in [0.29, 0.717) is 3.83 Å². The molecule has 2 unspecified atom stereocenters. The lowest BCUT2D eigenvalue weighted by atomic mass is 9.96. The number of hydrogen-bond acceptors (Lipinski definition) is 14. The van der Waals surface area contributed by atoms with Gasteiger partial charge >= 0.3 is 19.6 Å². The maximum atomic E-state index is 14.3. The fraction of sp³-hybridized carbons (Fsp3) is 0.759. The van der Waals surface area contributed by atoms with Gasteiger partial charge in [0.1, 0.15) is 36.0 Å². The molecule has 1 aliphatic carbocycles. The van der Waals surface area contributed by atoms with Gasteiger partial charge in [-0.1, -0.05) is 27.2 Å². The van der Waals surface area contributed by atoms with Gasteiger partial charge in [0.15, 0.2) is 21.2 Å². The average molecular weight is 812 g/mol. The van der Waals surface area contributed by atoms with E-state index >= 15 is 0 Å². The number of rotatable bonds is 13. The molecular weight excluding hydrogens is 764 g/mol. The lowest BCUT2D eigenvalue weighted by Crippen LogP contribution is -2.46. The van der Waals surface area contributed by atoms with Crippen LogP contribution >= 0.6 is 30.3 Å². The van der Waals surface area contributed by atoms with E-state index in [1.54, 1.807) is 0 Å². The first kappa shape index (κ1) is 38.6. The highest BCUT2D eigenvalue weighted by Gasteiger charge is 2.55. The predicted molar refractivity (Wildman–Crippen MR) is 182 cm³/mol. The minimum Gasteiger partial charge on any atom is -0.479 e. The summed E-state index contributed by atoms with van der Waals surface area (Å²) in [6.07, 6.45) is 0.170. The van der Waals surface area contributed by atoms with Crippen LogP contribution < -0.4 is 20.6 Å². The zero-order chi connectivity index (χ0) is 35.6. The number of anilines is 1. The third kappa shape index (κ3) is 9.12. The number of methoxy groups -OCH3 is 1. The van der Waals surface area contributed by atoms with Crippen molar-refractivity contribution in [2.75, 3.05) is 26.1 Å². The monoisotopic (exact) mass is 811 g/mol. The normalized spacial score (nSPS) is 26.2. The van der Waals surface area contributed by atoms with Crippen molar-refractivity contribution >= 4 is 59.3 Å². The number of halogens is 1. The van der Waals surface area contributed by atoms with E-state index in [0.717, 1.165) is 32.1 Å². The molecule has 0 spiro atoms. The number of nitrogens with zero attached hydrogens (tertiary/aromatic N) is 4. The van der Waals surface area contributed by atoms with Crippen LogP contribution in [0.1, 0.15) is 79.9 Å². The van der Waals surface area contributed by atoms with E-state index < -0.39 is 62.3 Å². The minimum absolute atomic E-state index is 0.108. The Kier molecular flexibility index (Phi) is 12.4. The van der Waals surface area contributed by atoms with Gasteiger partial charge in [0.25, 0.3) is 0 Å². The summed E-state index contributed by atoms with van der Waals surface area (Å²) in [5.41, 5.74) is 4.08. The summed E-state index contributed by atoms with van der Waals surface area (Å²) < 4.78 is 44.3. The third-order valence-corrected chi connectivity index (χ3v) is 10.7. The molecule has 2 aromatic heterocycles. The number of carbonyl (C=O) groups is 2. The van der Waals surface area contributed by atoms with Crippen molar-refractivity contribution in [3.05, 3.63) is 3.83 Å². The molecule has 1 saturated carbocycles. The maximum absolute atomic E-state index is 14.3. The van der Waals surface area contributed by atoms with Crippen LogP contribution in [0.4, 0.5) is 5.95 Å². The summed E-state index contributed by atoms with van der Waals surface area (Å²) >= 11 is 1.91. The molecule has 2 aliphatic rings. The van der Waals surface area contributed by atoms with Crippen LogP contribution in [-0.2, 0) is 32.9 Å². The Labute approximate surface area is 293 Å². The first-order chi connectivity index (χ1) is 22.3. The van der Waals surface area contributed by atoms with E-state index in [2.05, 4.69) is 25.1 Å². The van der Waals surface area contributed by atoms with Crippen molar-refractivity contribution in [1.82, 2.24) is 29.7 Å². The number of imidazole rings is 1. The Balaban J connectivity index is 1.54. The first-order valence-electron chi connectivity index (χ1n) is 15.8. The summed E-state index contributed by atoms with van der Waals surface area (Å²) in [6, 6.07) is -2.23. The van der Waals surface area contributed by atoms with Crippen molar-refractivity contribution in [1.29, 1.82) is 0 Å². The first-order valence-corrected chi connectivity index (χ1v) is 18.5. The molecule has 270 valence electrons. The fourth-order valence-electron chi connectivity index (χ4n) is 5.41. The van der Waals surface area contributed by atoms with Gasteiger partial charge in [0, 0.05) is 22.6 Å². The number of ether oxygens (including phenoxy) is 4. The van der Waals surface area contributed by atoms with E-state index in [1.807, 2.05) is 43.4 Å². The highest BCUT2D eigenvalue weighted by molar-refractivity contribution is 14.1. The highest BCUT2D eigenvalue weighted by Crippen LogP contribution is 2.45. The molecule has 6 N–H and O–H groups in total. The number of aliphatic hydroxyl groups excluding tert-OH is 1. The van der Waals surface area contributed by atoms with Crippen LogP contribution in [-0.4, -0.2) is 98.0 Å². The van der Waals surface area contributed by atoms with Gasteiger partial charge in [-0.2, -0.15) is 9.97 Å². The number of nitrogens with one attached hydrogen (secondary N) is 2. The van der Waals surface area contributed by atoms with E-state index in [1.165, 1.54) is 32.4 Å². The van der Waals surface area contributed by atoms with Gasteiger partial charge in [-0.25, -0.2) is 15.2 Å². The molecule has 2 fully saturated rings. The average Bonchev–Trinajstić information content (AvgIpc) is 3.44. The molecule has 2 aromatic rings. The Hall–Kier alpha value is -2.19. The molecule has 0 amide bonds. The molecule has 0 aromatic carbocycles. The van der Waals surface area contributed by atoms with Crippen molar-refractivity contribution < 1.29 is 47.8 Å². The summed E-state index contributed by atoms with van der Waals surface area (Å²) in [5, 5.41) is 28.0. The van der Waals surface area contributed by atoms with Gasteiger partial charge < -0.3 is 39.4 Å². The molecule has 48 heavy (non-hydrogen) atoms. The molecule has 0 bridgehead atoms. The van der Waals surface area contributed by atoms with Crippen LogP contribution in [0, 0.1) is 9.25 Å². The number of hydrogen-bond donors (Lipinski definition) is 5. The van der Waals surface area contributed by atoms with Crippen LogP contribution in [0.5, 0.6) is 5.88 Å². The topological polar surface area (TPSA) is 231 Å². The van der Waals surface area contributed by atoms with Gasteiger partial charge in [-0.15, -0.1) is 0 Å². The molecule has 17 nitrogen and oxygen atoms in total. The van der Waals surface area contributed by atoms with Gasteiger partial charge in [0.2, 0.25) is 11.8 Å². The summed E-state index contributed by atoms with van der Waals surface area (Å²) in [6.45, 7) is 9.55. The molecular formula is C29H47IN7O10P. The molecule has 4 rings (SSSR count). The number of fused-ring (bicyclic) bond motifs is 1. The molecule has 1 saturated heterocycles. The highest BCUT2D eigenvalue weighted by atomic mass is 127. The van der Waals surface area contributed by atoms with Crippen LogP contribution in [0.2, 0.25) is 0 Å². The molecule has 7 atom stereocenters. The van der Waals surface area contributed by atoms with Gasteiger partial charge in [0.05, 0.1) is 20.3 Å². The molecule has 1 aliphatic heterocycles. The van der Waals surface area contributed by atoms with Crippen LogP contribution in [0.3, 0.4) is 0 Å². The fourth-order valence-corrected chi connectivity index (χ4v) is 7.94. The van der Waals surface area contributed by atoms with Crippen molar-refractivity contribution in [3.8, 4) is 5.88 Å². The molecule has 19 heteroatoms.